The molecule has 1 saturated heterocycles. The molecule has 0 bridgehead atoms. The van der Waals surface area contributed by atoms with Crippen molar-refractivity contribution in [3.63, 3.8) is 0 Å². The number of β-amino-alcohol motifs (C(OH)–C–C–N with tert-alkyl or cyclic N) is 1. The van der Waals surface area contributed by atoms with E-state index in [1.54, 1.807) is 24.3 Å². The molecule has 0 saturated carbocycles. The highest BCUT2D eigenvalue weighted by molar-refractivity contribution is 5.89. The van der Waals surface area contributed by atoms with E-state index < -0.39 is 12.1 Å². The first kappa shape index (κ1) is 18.2. The number of ether oxygens (including phenoxy) is 2. The van der Waals surface area contributed by atoms with Crippen LogP contribution in [0.2, 0.25) is 0 Å². The average molecular weight is 336 g/mol. The van der Waals surface area contributed by atoms with Gasteiger partial charge in [-0.25, -0.2) is 4.79 Å². The van der Waals surface area contributed by atoms with Crippen molar-refractivity contribution in [2.75, 3.05) is 33.4 Å². The Balaban J connectivity index is 1.72. The van der Waals surface area contributed by atoms with Crippen molar-refractivity contribution in [3.8, 4) is 5.75 Å². The predicted molar refractivity (Wildman–Crippen MR) is 87.6 cm³/mol. The highest BCUT2D eigenvalue weighted by Crippen LogP contribution is 2.17. The van der Waals surface area contributed by atoms with E-state index in [0.29, 0.717) is 17.9 Å². The summed E-state index contributed by atoms with van der Waals surface area (Å²) >= 11 is 0. The molecular formula is C17H24N2O5. The Morgan fingerprint density at radius 3 is 2.46 bits per heavy atom. The molecule has 24 heavy (non-hydrogen) atoms. The number of hydrogen-bond acceptors (Lipinski definition) is 6. The van der Waals surface area contributed by atoms with Gasteiger partial charge in [0.05, 0.1) is 12.7 Å². The minimum atomic E-state index is -0.629. The minimum absolute atomic E-state index is 0.0528. The lowest BCUT2D eigenvalue weighted by Crippen LogP contribution is -2.43. The lowest BCUT2D eigenvalue weighted by molar-refractivity contribution is -0.123. The molecule has 0 aliphatic carbocycles. The molecule has 1 amide bonds. The van der Waals surface area contributed by atoms with Gasteiger partial charge in [-0.1, -0.05) is 0 Å². The number of aliphatic hydroxyl groups is 1. The lowest BCUT2D eigenvalue weighted by atomic mass is 9.96. The Morgan fingerprint density at radius 1 is 1.29 bits per heavy atom. The van der Waals surface area contributed by atoms with Gasteiger partial charge in [0.25, 0.3) is 0 Å². The lowest BCUT2D eigenvalue weighted by Gasteiger charge is -2.31. The quantitative estimate of drug-likeness (QED) is 0.699. The van der Waals surface area contributed by atoms with E-state index in [2.05, 4.69) is 9.64 Å². The molecule has 3 N–H and O–H groups in total. The van der Waals surface area contributed by atoms with E-state index >= 15 is 0 Å². The summed E-state index contributed by atoms with van der Waals surface area (Å²) < 4.78 is 10.2. The highest BCUT2D eigenvalue weighted by atomic mass is 16.5. The topological polar surface area (TPSA) is 102 Å². The number of nitrogens with two attached hydrogens (primary N) is 1. The van der Waals surface area contributed by atoms with Gasteiger partial charge >= 0.3 is 5.97 Å². The number of rotatable bonds is 7. The molecule has 1 aromatic carbocycles. The number of primary amides is 1. The molecule has 7 heteroatoms. The van der Waals surface area contributed by atoms with Crippen LogP contribution in [0.5, 0.6) is 5.75 Å². The van der Waals surface area contributed by atoms with Crippen LogP contribution in [0.4, 0.5) is 0 Å². The van der Waals surface area contributed by atoms with Gasteiger partial charge in [0.15, 0.2) is 0 Å². The normalized spacial score (nSPS) is 17.2. The van der Waals surface area contributed by atoms with Crippen molar-refractivity contribution in [2.45, 2.75) is 18.9 Å². The van der Waals surface area contributed by atoms with Gasteiger partial charge in [0, 0.05) is 12.5 Å². The number of piperidine rings is 1. The Bertz CT molecular complexity index is 553. The van der Waals surface area contributed by atoms with Crippen LogP contribution >= 0.6 is 0 Å². The third kappa shape index (κ3) is 5.21. The van der Waals surface area contributed by atoms with Crippen molar-refractivity contribution in [2.24, 2.45) is 11.7 Å². The van der Waals surface area contributed by atoms with E-state index in [1.165, 1.54) is 7.11 Å². The van der Waals surface area contributed by atoms with Crippen LogP contribution in [-0.2, 0) is 9.53 Å². The molecule has 2 rings (SSSR count). The van der Waals surface area contributed by atoms with E-state index in [1.807, 2.05) is 0 Å². The third-order valence-corrected chi connectivity index (χ3v) is 4.18. The predicted octanol–water partition coefficient (Wildman–Crippen LogP) is 0.410. The van der Waals surface area contributed by atoms with Crippen molar-refractivity contribution < 1.29 is 24.2 Å². The number of carbonyl (C=O) groups is 2. The number of benzene rings is 1. The van der Waals surface area contributed by atoms with E-state index in [-0.39, 0.29) is 18.4 Å². The van der Waals surface area contributed by atoms with Gasteiger partial charge in [-0.15, -0.1) is 0 Å². The number of nitrogens with zero attached hydrogens (tertiary/aromatic N) is 1. The minimum Gasteiger partial charge on any atom is -0.491 e. The number of aliphatic hydroxyl groups excluding tert-OH is 1. The first-order chi connectivity index (χ1) is 11.5. The summed E-state index contributed by atoms with van der Waals surface area (Å²) in [6.07, 6.45) is 0.839. The molecule has 0 aromatic heterocycles. The molecule has 0 spiro atoms. The molecule has 7 nitrogen and oxygen atoms in total. The van der Waals surface area contributed by atoms with Crippen LogP contribution < -0.4 is 10.5 Å². The molecule has 1 aliphatic rings. The first-order valence-electron chi connectivity index (χ1n) is 8.00. The Hall–Kier alpha value is -2.12. The Morgan fingerprint density at radius 2 is 1.92 bits per heavy atom. The smallest absolute Gasteiger partial charge is 0.337 e. The zero-order valence-electron chi connectivity index (χ0n) is 13.8. The average Bonchev–Trinajstić information content (AvgIpc) is 2.60. The number of likely N-dealkylation sites (tertiary alicyclic amines) is 1. The maximum absolute atomic E-state index is 11.3. The summed E-state index contributed by atoms with van der Waals surface area (Å²) in [5.41, 5.74) is 5.76. The van der Waals surface area contributed by atoms with E-state index in [4.69, 9.17) is 10.5 Å². The number of amides is 1. The fraction of sp³-hybridized carbons (Fsp3) is 0.529. The Labute approximate surface area is 141 Å². The maximum atomic E-state index is 11.3. The highest BCUT2D eigenvalue weighted by Gasteiger charge is 2.24. The second-order valence-corrected chi connectivity index (χ2v) is 5.96. The standard InChI is InChI=1S/C17H24N2O5/c1-23-17(22)13-2-4-15(5-3-13)24-11-14(20)10-19-8-6-12(7-9-19)16(18)21/h2-5,12,14,20H,6-11H2,1H3,(H2,18,21). The largest absolute Gasteiger partial charge is 0.491 e. The summed E-state index contributed by atoms with van der Waals surface area (Å²) in [6.45, 7) is 2.15. The van der Waals surface area contributed by atoms with Crippen LogP contribution in [0.3, 0.4) is 0 Å². The van der Waals surface area contributed by atoms with Gasteiger partial charge in [-0.3, -0.25) is 4.79 Å². The van der Waals surface area contributed by atoms with Crippen LogP contribution in [0.25, 0.3) is 0 Å². The van der Waals surface area contributed by atoms with Gasteiger partial charge in [0.1, 0.15) is 18.5 Å². The van der Waals surface area contributed by atoms with Gasteiger partial charge < -0.3 is 25.2 Å². The van der Waals surface area contributed by atoms with Crippen LogP contribution in [0.1, 0.15) is 23.2 Å². The number of carbonyl (C=O) groups excluding carboxylic acids is 2. The third-order valence-electron chi connectivity index (χ3n) is 4.18. The van der Waals surface area contributed by atoms with E-state index in [0.717, 1.165) is 25.9 Å². The number of methoxy groups -OCH3 is 1. The summed E-state index contributed by atoms with van der Waals surface area (Å²) in [7, 11) is 1.33. The molecule has 1 aromatic rings. The van der Waals surface area contributed by atoms with Crippen LogP contribution in [0.15, 0.2) is 24.3 Å². The van der Waals surface area contributed by atoms with Crippen molar-refractivity contribution in [1.29, 1.82) is 0 Å². The number of esters is 1. The van der Waals surface area contributed by atoms with Crippen LogP contribution in [-0.4, -0.2) is 61.3 Å². The summed E-state index contributed by atoms with van der Waals surface area (Å²) in [5.74, 6) is -0.119. The molecule has 132 valence electrons. The SMILES string of the molecule is COC(=O)c1ccc(OCC(O)CN2CCC(C(N)=O)CC2)cc1. The molecule has 1 heterocycles. The second-order valence-electron chi connectivity index (χ2n) is 5.96. The zero-order valence-corrected chi connectivity index (χ0v) is 13.8. The zero-order chi connectivity index (χ0) is 17.5. The monoisotopic (exact) mass is 336 g/mol. The molecular weight excluding hydrogens is 312 g/mol. The fourth-order valence-corrected chi connectivity index (χ4v) is 2.75. The maximum Gasteiger partial charge on any atom is 0.337 e. The summed E-state index contributed by atoms with van der Waals surface area (Å²) in [4.78, 5) is 24.6. The van der Waals surface area contributed by atoms with Gasteiger partial charge in [-0.05, 0) is 50.2 Å². The molecule has 1 unspecified atom stereocenters. The first-order valence-corrected chi connectivity index (χ1v) is 8.00. The molecule has 1 fully saturated rings. The van der Waals surface area contributed by atoms with Crippen molar-refractivity contribution in [3.05, 3.63) is 29.8 Å². The number of hydrogen-bond donors (Lipinski definition) is 2. The molecule has 1 aliphatic heterocycles. The van der Waals surface area contributed by atoms with Crippen molar-refractivity contribution >= 4 is 11.9 Å². The molecule has 0 radical (unpaired) electrons. The van der Waals surface area contributed by atoms with Gasteiger partial charge in [0.2, 0.25) is 5.91 Å². The van der Waals surface area contributed by atoms with Crippen LogP contribution in [0, 0.1) is 5.92 Å². The van der Waals surface area contributed by atoms with E-state index in [9.17, 15) is 14.7 Å². The Kier molecular flexibility index (Phi) is 6.57. The summed E-state index contributed by atoms with van der Waals surface area (Å²) in [5, 5.41) is 10.1. The summed E-state index contributed by atoms with van der Waals surface area (Å²) in [6, 6.07) is 6.55. The molecule has 1 atom stereocenters. The second kappa shape index (κ2) is 8.65. The van der Waals surface area contributed by atoms with Gasteiger partial charge in [-0.2, -0.15) is 0 Å². The fourth-order valence-electron chi connectivity index (χ4n) is 2.75. The van der Waals surface area contributed by atoms with Crippen molar-refractivity contribution in [1.82, 2.24) is 4.90 Å².